The number of hydrazone groups is 1. The lowest BCUT2D eigenvalue weighted by Gasteiger charge is -2.24. The van der Waals surface area contributed by atoms with E-state index in [2.05, 4.69) is 41.8 Å². The molecule has 1 fully saturated rings. The highest BCUT2D eigenvalue weighted by molar-refractivity contribution is 7.80. The zero-order valence-electron chi connectivity index (χ0n) is 14.2. The van der Waals surface area contributed by atoms with E-state index >= 15 is 0 Å². The van der Waals surface area contributed by atoms with Crippen LogP contribution in [0.15, 0.2) is 17.2 Å². The molecule has 1 aromatic carbocycles. The fourth-order valence-corrected chi connectivity index (χ4v) is 4.07. The largest absolute Gasteiger partial charge is 0.359 e. The average Bonchev–Trinajstić information content (AvgIpc) is 2.54. The maximum atomic E-state index is 5.42. The summed E-state index contributed by atoms with van der Waals surface area (Å²) in [6.45, 7) is 4.36. The second kappa shape index (κ2) is 7.43. The van der Waals surface area contributed by atoms with Crippen LogP contribution in [0.5, 0.6) is 0 Å². The van der Waals surface area contributed by atoms with E-state index in [0.717, 1.165) is 18.6 Å². The van der Waals surface area contributed by atoms with Gasteiger partial charge in [-0.2, -0.15) is 5.10 Å². The van der Waals surface area contributed by atoms with E-state index in [1.165, 1.54) is 60.8 Å². The molecule has 0 amide bonds. The Labute approximate surface area is 144 Å². The lowest BCUT2D eigenvalue weighted by atomic mass is 9.86. The van der Waals surface area contributed by atoms with Gasteiger partial charge in [-0.1, -0.05) is 30.9 Å². The van der Waals surface area contributed by atoms with Crippen LogP contribution in [0, 0.1) is 13.8 Å². The normalized spacial score (nSPS) is 20.2. The summed E-state index contributed by atoms with van der Waals surface area (Å²) >= 11 is 5.42. The number of nitrogens with zero attached hydrogens (tertiary/aromatic N) is 1. The van der Waals surface area contributed by atoms with Gasteiger partial charge in [-0.25, -0.2) is 0 Å². The molecule has 0 heterocycles. The number of benzene rings is 1. The number of fused-ring (bicyclic) bond motifs is 1. The summed E-state index contributed by atoms with van der Waals surface area (Å²) in [6, 6.07) is 5.05. The van der Waals surface area contributed by atoms with Crippen molar-refractivity contribution in [1.82, 2.24) is 10.7 Å². The first-order valence-corrected chi connectivity index (χ1v) is 9.28. The Kier molecular flexibility index (Phi) is 5.31. The standard InChI is InChI=1S/C19H27N3S/c1-13-11-14(2)16-9-6-10-18(17(16)12-13)21-22-19(23)20-15-7-4-3-5-8-15/h11-12,15H,3-10H2,1-2H3,(H2,20,22,23)/b21-18+. The second-order valence-corrected chi connectivity index (χ2v) is 7.35. The highest BCUT2D eigenvalue weighted by Gasteiger charge is 2.18. The van der Waals surface area contributed by atoms with E-state index in [9.17, 15) is 0 Å². The summed E-state index contributed by atoms with van der Waals surface area (Å²) in [4.78, 5) is 0. The van der Waals surface area contributed by atoms with Crippen molar-refractivity contribution in [2.24, 2.45) is 5.10 Å². The summed E-state index contributed by atoms with van der Waals surface area (Å²) < 4.78 is 0. The van der Waals surface area contributed by atoms with Crippen molar-refractivity contribution in [3.63, 3.8) is 0 Å². The summed E-state index contributed by atoms with van der Waals surface area (Å²) in [6.07, 6.45) is 9.76. The highest BCUT2D eigenvalue weighted by atomic mass is 32.1. The molecule has 2 N–H and O–H groups in total. The number of rotatable bonds is 2. The molecule has 0 spiro atoms. The molecule has 0 radical (unpaired) electrons. The zero-order chi connectivity index (χ0) is 16.2. The third-order valence-corrected chi connectivity index (χ3v) is 5.21. The molecular weight excluding hydrogens is 302 g/mol. The SMILES string of the molecule is Cc1cc(C)c2c(c1)/C(=N/NC(=S)NC1CCCCC1)CCC2. The molecule has 4 heteroatoms. The van der Waals surface area contributed by atoms with Gasteiger partial charge in [0.15, 0.2) is 5.11 Å². The molecule has 3 nitrogen and oxygen atoms in total. The Hall–Kier alpha value is -1.42. The first kappa shape index (κ1) is 16.4. The molecule has 0 aliphatic heterocycles. The first-order chi connectivity index (χ1) is 11.1. The number of hydrogen-bond donors (Lipinski definition) is 2. The van der Waals surface area contributed by atoms with E-state index in [1.807, 2.05) is 0 Å². The third kappa shape index (κ3) is 4.11. The van der Waals surface area contributed by atoms with Crippen LogP contribution < -0.4 is 10.7 Å². The van der Waals surface area contributed by atoms with Crippen LogP contribution in [-0.4, -0.2) is 16.9 Å². The average molecular weight is 330 g/mol. The van der Waals surface area contributed by atoms with Gasteiger partial charge in [0.2, 0.25) is 0 Å². The number of aryl methyl sites for hydroxylation is 2. The third-order valence-electron chi connectivity index (χ3n) is 5.00. The molecular formula is C19H27N3S. The van der Waals surface area contributed by atoms with Gasteiger partial charge in [-0.05, 0) is 75.4 Å². The van der Waals surface area contributed by atoms with E-state index in [0.29, 0.717) is 11.2 Å². The molecule has 3 rings (SSSR count). The Morgan fingerprint density at radius 3 is 2.65 bits per heavy atom. The van der Waals surface area contributed by atoms with Crippen LogP contribution in [0.3, 0.4) is 0 Å². The van der Waals surface area contributed by atoms with E-state index < -0.39 is 0 Å². The molecule has 2 aliphatic rings. The van der Waals surface area contributed by atoms with Crippen molar-refractivity contribution in [2.45, 2.75) is 71.3 Å². The van der Waals surface area contributed by atoms with Crippen molar-refractivity contribution < 1.29 is 0 Å². The molecule has 2 aliphatic carbocycles. The molecule has 0 unspecified atom stereocenters. The molecule has 1 saturated carbocycles. The van der Waals surface area contributed by atoms with Crippen LogP contribution in [0.1, 0.15) is 67.2 Å². The van der Waals surface area contributed by atoms with Gasteiger partial charge >= 0.3 is 0 Å². The Bertz CT molecular complexity index is 615. The molecule has 0 aromatic heterocycles. The van der Waals surface area contributed by atoms with Crippen molar-refractivity contribution in [3.8, 4) is 0 Å². The fraction of sp³-hybridized carbons (Fsp3) is 0.579. The van der Waals surface area contributed by atoms with Gasteiger partial charge in [-0.3, -0.25) is 5.43 Å². The predicted octanol–water partition coefficient (Wildman–Crippen LogP) is 4.14. The van der Waals surface area contributed by atoms with Crippen LogP contribution in [0.4, 0.5) is 0 Å². The van der Waals surface area contributed by atoms with Crippen LogP contribution >= 0.6 is 12.2 Å². The zero-order valence-corrected chi connectivity index (χ0v) is 15.1. The molecule has 0 atom stereocenters. The van der Waals surface area contributed by atoms with Crippen LogP contribution in [0.25, 0.3) is 0 Å². The van der Waals surface area contributed by atoms with Gasteiger partial charge in [0.05, 0.1) is 5.71 Å². The topological polar surface area (TPSA) is 36.4 Å². The maximum absolute atomic E-state index is 5.42. The van der Waals surface area contributed by atoms with Crippen LogP contribution in [0.2, 0.25) is 0 Å². The lowest BCUT2D eigenvalue weighted by Crippen LogP contribution is -2.41. The first-order valence-electron chi connectivity index (χ1n) is 8.87. The van der Waals surface area contributed by atoms with Crippen molar-refractivity contribution in [1.29, 1.82) is 0 Å². The van der Waals surface area contributed by atoms with E-state index in [1.54, 1.807) is 0 Å². The summed E-state index contributed by atoms with van der Waals surface area (Å²) in [7, 11) is 0. The summed E-state index contributed by atoms with van der Waals surface area (Å²) in [5, 5.41) is 8.72. The number of hydrogen-bond acceptors (Lipinski definition) is 2. The quantitative estimate of drug-likeness (QED) is 0.632. The molecule has 0 bridgehead atoms. The Morgan fingerprint density at radius 1 is 1.09 bits per heavy atom. The monoisotopic (exact) mass is 329 g/mol. The highest BCUT2D eigenvalue weighted by Crippen LogP contribution is 2.26. The van der Waals surface area contributed by atoms with Gasteiger partial charge < -0.3 is 5.32 Å². The second-order valence-electron chi connectivity index (χ2n) is 6.94. The minimum atomic E-state index is 0.520. The summed E-state index contributed by atoms with van der Waals surface area (Å²) in [5.74, 6) is 0. The predicted molar refractivity (Wildman–Crippen MR) is 101 cm³/mol. The van der Waals surface area contributed by atoms with Gasteiger partial charge in [0, 0.05) is 11.6 Å². The molecule has 1 aromatic rings. The number of nitrogens with one attached hydrogen (secondary N) is 2. The van der Waals surface area contributed by atoms with Gasteiger partial charge in [0.25, 0.3) is 0 Å². The van der Waals surface area contributed by atoms with Gasteiger partial charge in [0.1, 0.15) is 0 Å². The summed E-state index contributed by atoms with van der Waals surface area (Å²) in [5.41, 5.74) is 9.68. The van der Waals surface area contributed by atoms with Crippen LogP contribution in [-0.2, 0) is 6.42 Å². The van der Waals surface area contributed by atoms with Gasteiger partial charge in [-0.15, -0.1) is 0 Å². The molecule has 124 valence electrons. The maximum Gasteiger partial charge on any atom is 0.187 e. The fourth-order valence-electron chi connectivity index (χ4n) is 3.85. The van der Waals surface area contributed by atoms with Crippen molar-refractivity contribution >= 4 is 23.0 Å². The molecule has 0 saturated heterocycles. The number of thiocarbonyl (C=S) groups is 1. The van der Waals surface area contributed by atoms with Crippen molar-refractivity contribution in [2.75, 3.05) is 0 Å². The lowest BCUT2D eigenvalue weighted by molar-refractivity contribution is 0.412. The van der Waals surface area contributed by atoms with E-state index in [4.69, 9.17) is 12.2 Å². The van der Waals surface area contributed by atoms with Crippen molar-refractivity contribution in [3.05, 3.63) is 34.4 Å². The minimum absolute atomic E-state index is 0.520. The Balaban J connectivity index is 1.68. The molecule has 23 heavy (non-hydrogen) atoms. The van der Waals surface area contributed by atoms with E-state index in [-0.39, 0.29) is 0 Å². The minimum Gasteiger partial charge on any atom is -0.359 e. The Morgan fingerprint density at radius 2 is 1.87 bits per heavy atom. The smallest absolute Gasteiger partial charge is 0.187 e.